The Balaban J connectivity index is 1.94. The zero-order valence-electron chi connectivity index (χ0n) is 16.2. The van der Waals surface area contributed by atoms with Gasteiger partial charge in [0, 0.05) is 29.1 Å². The first-order chi connectivity index (χ1) is 14.9. The van der Waals surface area contributed by atoms with Crippen molar-refractivity contribution in [3.8, 4) is 0 Å². The van der Waals surface area contributed by atoms with Gasteiger partial charge in [-0.2, -0.15) is 13.2 Å². The number of benzene rings is 3. The summed E-state index contributed by atoms with van der Waals surface area (Å²) in [5, 5.41) is 0.0116. The number of para-hydroxylation sites is 1. The molecule has 6 heteroatoms. The average molecular weight is 419 g/mol. The fraction of sp³-hybridized carbons (Fsp3) is 0.0800. The summed E-state index contributed by atoms with van der Waals surface area (Å²) in [4.78, 5) is 30.4. The molecular weight excluding hydrogens is 403 g/mol. The Morgan fingerprint density at radius 2 is 1.45 bits per heavy atom. The maximum absolute atomic E-state index is 13.5. The highest BCUT2D eigenvalue weighted by Gasteiger charge is 2.34. The molecule has 31 heavy (non-hydrogen) atoms. The number of hydrogen-bond acceptors (Lipinski definition) is 3. The third-order valence-electron chi connectivity index (χ3n) is 4.97. The second kappa shape index (κ2) is 8.14. The van der Waals surface area contributed by atoms with Gasteiger partial charge in [0.05, 0.1) is 16.6 Å². The van der Waals surface area contributed by atoms with Crippen molar-refractivity contribution in [2.24, 2.45) is 0 Å². The molecule has 0 aliphatic carbocycles. The van der Waals surface area contributed by atoms with E-state index in [-0.39, 0.29) is 28.5 Å². The van der Waals surface area contributed by atoms with E-state index in [1.807, 2.05) is 0 Å². The van der Waals surface area contributed by atoms with Crippen LogP contribution in [0.15, 0.2) is 85.1 Å². The maximum Gasteiger partial charge on any atom is 0.418 e. The first-order valence-corrected chi connectivity index (χ1v) is 9.52. The second-order valence-electron chi connectivity index (χ2n) is 7.03. The van der Waals surface area contributed by atoms with Crippen LogP contribution < -0.4 is 0 Å². The number of alkyl halides is 3. The summed E-state index contributed by atoms with van der Waals surface area (Å²) in [6.07, 6.45) is -3.62. The molecule has 154 valence electrons. The second-order valence-corrected chi connectivity index (χ2v) is 7.03. The molecule has 0 spiro atoms. The van der Waals surface area contributed by atoms with Gasteiger partial charge >= 0.3 is 6.18 Å². The summed E-state index contributed by atoms with van der Waals surface area (Å²) < 4.78 is 40.6. The van der Waals surface area contributed by atoms with Gasteiger partial charge in [-0.25, -0.2) is 0 Å². The molecule has 0 amide bonds. The van der Waals surface area contributed by atoms with Crippen LogP contribution in [0.2, 0.25) is 0 Å². The molecule has 0 saturated carbocycles. The Morgan fingerprint density at radius 1 is 0.806 bits per heavy atom. The molecule has 4 rings (SSSR count). The normalized spacial score (nSPS) is 11.5. The standard InChI is InChI=1S/C25H16F3NO2/c26-25(27,28)20-13-7-12-18-22(21(30)14-16-8-3-1-4-9-16)19(15-29-23(18)20)24(31)17-10-5-2-6-11-17/h1-13,15H,14H2. The van der Waals surface area contributed by atoms with E-state index in [9.17, 15) is 22.8 Å². The van der Waals surface area contributed by atoms with Crippen molar-refractivity contribution in [3.05, 3.63) is 113 Å². The lowest BCUT2D eigenvalue weighted by molar-refractivity contribution is -0.136. The topological polar surface area (TPSA) is 47.0 Å². The van der Waals surface area contributed by atoms with Crippen molar-refractivity contribution in [1.29, 1.82) is 0 Å². The van der Waals surface area contributed by atoms with Crippen LogP contribution in [0.5, 0.6) is 0 Å². The molecular formula is C25H16F3NO2. The van der Waals surface area contributed by atoms with Gasteiger partial charge < -0.3 is 0 Å². The minimum atomic E-state index is -4.64. The number of aromatic nitrogens is 1. The van der Waals surface area contributed by atoms with Crippen LogP contribution in [0, 0.1) is 0 Å². The fourth-order valence-corrected chi connectivity index (χ4v) is 3.54. The molecule has 3 aromatic carbocycles. The molecule has 0 bridgehead atoms. The molecule has 0 N–H and O–H groups in total. The quantitative estimate of drug-likeness (QED) is 0.378. The molecule has 1 heterocycles. The van der Waals surface area contributed by atoms with Crippen LogP contribution in [0.25, 0.3) is 10.9 Å². The van der Waals surface area contributed by atoms with E-state index >= 15 is 0 Å². The third-order valence-corrected chi connectivity index (χ3v) is 4.97. The van der Waals surface area contributed by atoms with Gasteiger partial charge in [0.25, 0.3) is 0 Å². The molecule has 0 saturated heterocycles. The van der Waals surface area contributed by atoms with E-state index in [0.717, 1.165) is 12.3 Å². The number of nitrogens with zero attached hydrogens (tertiary/aromatic N) is 1. The Hall–Kier alpha value is -3.80. The maximum atomic E-state index is 13.5. The van der Waals surface area contributed by atoms with Crippen LogP contribution in [0.1, 0.15) is 37.4 Å². The number of Topliss-reactive ketones (excluding diaryl/α,β-unsaturated/α-hetero) is 1. The molecule has 0 fully saturated rings. The number of ketones is 2. The van der Waals surface area contributed by atoms with Gasteiger partial charge in [0.2, 0.25) is 0 Å². The lowest BCUT2D eigenvalue weighted by atomic mass is 9.91. The average Bonchev–Trinajstić information content (AvgIpc) is 2.78. The van der Waals surface area contributed by atoms with E-state index in [0.29, 0.717) is 11.1 Å². The zero-order valence-corrected chi connectivity index (χ0v) is 16.2. The molecule has 3 nitrogen and oxygen atoms in total. The predicted molar refractivity (Wildman–Crippen MR) is 111 cm³/mol. The number of pyridine rings is 1. The lowest BCUT2D eigenvalue weighted by Gasteiger charge is -2.15. The number of rotatable bonds is 5. The first-order valence-electron chi connectivity index (χ1n) is 9.52. The summed E-state index contributed by atoms with van der Waals surface area (Å²) in [7, 11) is 0. The predicted octanol–water partition coefficient (Wildman–Crippen LogP) is 5.91. The van der Waals surface area contributed by atoms with Crippen molar-refractivity contribution in [2.45, 2.75) is 12.6 Å². The van der Waals surface area contributed by atoms with Crippen LogP contribution in [0.4, 0.5) is 13.2 Å². The van der Waals surface area contributed by atoms with Gasteiger partial charge in [-0.15, -0.1) is 0 Å². The number of halogens is 3. The van der Waals surface area contributed by atoms with Crippen molar-refractivity contribution in [1.82, 2.24) is 4.98 Å². The summed E-state index contributed by atoms with van der Waals surface area (Å²) in [5.74, 6) is -0.916. The van der Waals surface area contributed by atoms with Crippen molar-refractivity contribution in [3.63, 3.8) is 0 Å². The Bertz CT molecular complexity index is 1270. The van der Waals surface area contributed by atoms with E-state index in [2.05, 4.69) is 4.98 Å². The monoisotopic (exact) mass is 419 g/mol. The summed E-state index contributed by atoms with van der Waals surface area (Å²) >= 11 is 0. The van der Waals surface area contributed by atoms with Crippen LogP contribution in [-0.4, -0.2) is 16.6 Å². The van der Waals surface area contributed by atoms with E-state index in [1.54, 1.807) is 60.7 Å². The number of carbonyl (C=O) groups excluding carboxylic acids is 2. The number of carbonyl (C=O) groups is 2. The van der Waals surface area contributed by atoms with Gasteiger partial charge in [0.15, 0.2) is 11.6 Å². The minimum Gasteiger partial charge on any atom is -0.294 e. The summed E-state index contributed by atoms with van der Waals surface area (Å²) in [6, 6.07) is 20.7. The third kappa shape index (κ3) is 4.10. The molecule has 4 aromatic rings. The van der Waals surface area contributed by atoms with Gasteiger partial charge in [-0.3, -0.25) is 14.6 Å². The van der Waals surface area contributed by atoms with E-state index < -0.39 is 23.3 Å². The van der Waals surface area contributed by atoms with Gasteiger partial charge in [-0.1, -0.05) is 72.8 Å². The first kappa shape index (κ1) is 20.5. The lowest BCUT2D eigenvalue weighted by Crippen LogP contribution is -2.15. The molecule has 0 radical (unpaired) electrons. The molecule has 0 atom stereocenters. The number of hydrogen-bond donors (Lipinski definition) is 0. The summed E-state index contributed by atoms with van der Waals surface area (Å²) in [6.45, 7) is 0. The van der Waals surface area contributed by atoms with E-state index in [4.69, 9.17) is 0 Å². The largest absolute Gasteiger partial charge is 0.418 e. The zero-order chi connectivity index (χ0) is 22.0. The molecule has 1 aromatic heterocycles. The van der Waals surface area contributed by atoms with Crippen LogP contribution in [0.3, 0.4) is 0 Å². The highest BCUT2D eigenvalue weighted by atomic mass is 19.4. The molecule has 0 aliphatic rings. The minimum absolute atomic E-state index is 0.0116. The van der Waals surface area contributed by atoms with Crippen molar-refractivity contribution < 1.29 is 22.8 Å². The summed E-state index contributed by atoms with van der Waals surface area (Å²) in [5.41, 5.74) is -0.340. The Morgan fingerprint density at radius 3 is 2.10 bits per heavy atom. The van der Waals surface area contributed by atoms with Gasteiger partial charge in [-0.05, 0) is 11.6 Å². The molecule has 0 aliphatic heterocycles. The molecule has 0 unspecified atom stereocenters. The highest BCUT2D eigenvalue weighted by Crippen LogP contribution is 2.36. The van der Waals surface area contributed by atoms with Crippen LogP contribution in [-0.2, 0) is 12.6 Å². The van der Waals surface area contributed by atoms with E-state index in [1.165, 1.54) is 12.1 Å². The smallest absolute Gasteiger partial charge is 0.294 e. The fourth-order valence-electron chi connectivity index (χ4n) is 3.54. The Kier molecular flexibility index (Phi) is 5.38. The SMILES string of the molecule is O=C(c1ccccc1)c1cnc2c(C(F)(F)F)cccc2c1C(=O)Cc1ccccc1. The van der Waals surface area contributed by atoms with Gasteiger partial charge in [0.1, 0.15) is 0 Å². The highest BCUT2D eigenvalue weighted by molar-refractivity contribution is 6.20. The van der Waals surface area contributed by atoms with Crippen LogP contribution >= 0.6 is 0 Å². The van der Waals surface area contributed by atoms with Crippen molar-refractivity contribution >= 4 is 22.5 Å². The Labute approximate surface area is 176 Å². The van der Waals surface area contributed by atoms with Crippen molar-refractivity contribution in [2.75, 3.05) is 0 Å². The number of fused-ring (bicyclic) bond motifs is 1.